The molecule has 1 unspecified atom stereocenters. The third-order valence-electron chi connectivity index (χ3n) is 3.65. The number of carbonyl (C=O) groups is 1. The van der Waals surface area contributed by atoms with E-state index in [0.29, 0.717) is 12.6 Å². The van der Waals surface area contributed by atoms with Crippen LogP contribution in [-0.4, -0.2) is 43.7 Å². The summed E-state index contributed by atoms with van der Waals surface area (Å²) in [5.74, 6) is -0.351. The maximum absolute atomic E-state index is 11.0. The van der Waals surface area contributed by atoms with Crippen molar-refractivity contribution < 1.29 is 26.4 Å². The summed E-state index contributed by atoms with van der Waals surface area (Å²) in [7, 11) is 4.32. The molecule has 0 radical (unpaired) electrons. The zero-order chi connectivity index (χ0) is 14.3. The first kappa shape index (κ1) is 18.7. The molecule has 0 aliphatic rings. The van der Waals surface area contributed by atoms with Gasteiger partial charge < -0.3 is 21.6 Å². The summed E-state index contributed by atoms with van der Waals surface area (Å²) in [5, 5.41) is 0. The lowest BCUT2D eigenvalue weighted by Crippen LogP contribution is -3.00. The molecule has 0 spiro atoms. The normalized spacial score (nSPS) is 12.2. The van der Waals surface area contributed by atoms with E-state index in [2.05, 4.69) is 51.9 Å². The molecule has 1 aromatic rings. The fourth-order valence-electron chi connectivity index (χ4n) is 1.86. The van der Waals surface area contributed by atoms with Crippen molar-refractivity contribution in [3.05, 3.63) is 48.6 Å². The Morgan fingerprint density at radius 2 is 1.95 bits per heavy atom. The van der Waals surface area contributed by atoms with Crippen molar-refractivity contribution >= 4 is 5.97 Å². The van der Waals surface area contributed by atoms with Gasteiger partial charge in [-0.3, -0.25) is 0 Å². The summed E-state index contributed by atoms with van der Waals surface area (Å²) < 4.78 is 5.87. The molecule has 0 aliphatic heterocycles. The number of rotatable bonds is 7. The van der Waals surface area contributed by atoms with Crippen LogP contribution in [0.3, 0.4) is 0 Å². The number of esters is 1. The Kier molecular flexibility index (Phi) is 8.19. The second-order valence-corrected chi connectivity index (χ2v) is 5.41. The van der Waals surface area contributed by atoms with Crippen LogP contribution in [0.5, 0.6) is 0 Å². The van der Waals surface area contributed by atoms with Gasteiger partial charge in [-0.2, -0.15) is 0 Å². The van der Waals surface area contributed by atoms with E-state index >= 15 is 0 Å². The Morgan fingerprint density at radius 1 is 1.35 bits per heavy atom. The molecule has 0 heterocycles. The minimum atomic E-state index is -0.351. The first-order valence-electron chi connectivity index (χ1n) is 6.61. The second kappa shape index (κ2) is 8.77. The van der Waals surface area contributed by atoms with Crippen LogP contribution in [0.2, 0.25) is 0 Å². The summed E-state index contributed by atoms with van der Waals surface area (Å²) in [5.41, 5.74) is 1.34. The van der Waals surface area contributed by atoms with Gasteiger partial charge in [-0.05, 0) is 12.5 Å². The van der Waals surface area contributed by atoms with Crippen molar-refractivity contribution in [2.75, 3.05) is 27.2 Å². The van der Waals surface area contributed by atoms with Crippen molar-refractivity contribution in [3.8, 4) is 0 Å². The van der Waals surface area contributed by atoms with Gasteiger partial charge in [0, 0.05) is 12.5 Å². The molecule has 4 heteroatoms. The highest BCUT2D eigenvalue weighted by molar-refractivity contribution is 5.81. The molecule has 0 aromatic heterocycles. The maximum Gasteiger partial charge on any atom is 0.330 e. The van der Waals surface area contributed by atoms with Crippen molar-refractivity contribution in [2.45, 2.75) is 19.4 Å². The fourth-order valence-corrected chi connectivity index (χ4v) is 1.86. The fraction of sp³-hybridized carbons (Fsp3) is 0.438. The van der Waals surface area contributed by atoms with Gasteiger partial charge >= 0.3 is 5.97 Å². The largest absolute Gasteiger partial charge is 1.00 e. The number of halogens is 1. The van der Waals surface area contributed by atoms with Gasteiger partial charge in [0.05, 0.1) is 20.1 Å². The number of hydrogen-bond donors (Lipinski definition) is 0. The Bertz CT molecular complexity index is 418. The van der Waals surface area contributed by atoms with Crippen LogP contribution in [0.15, 0.2) is 43.0 Å². The number of hydrogen-bond acceptors (Lipinski definition) is 2. The summed E-state index contributed by atoms with van der Waals surface area (Å²) in [4.78, 5) is 11.0. The van der Waals surface area contributed by atoms with E-state index in [1.165, 1.54) is 11.6 Å². The van der Waals surface area contributed by atoms with Crippen molar-refractivity contribution in [2.24, 2.45) is 0 Å². The highest BCUT2D eigenvalue weighted by atomic mass is 35.5. The van der Waals surface area contributed by atoms with E-state index in [4.69, 9.17) is 4.74 Å². The average molecular weight is 298 g/mol. The van der Waals surface area contributed by atoms with Gasteiger partial charge in [0.2, 0.25) is 0 Å². The number of nitrogens with zero attached hydrogens (tertiary/aromatic N) is 1. The van der Waals surface area contributed by atoms with Gasteiger partial charge in [-0.25, -0.2) is 4.79 Å². The molecule has 1 aromatic carbocycles. The number of likely N-dealkylation sites (N-methyl/N-ethyl adjacent to an activating group) is 1. The predicted molar refractivity (Wildman–Crippen MR) is 77.7 cm³/mol. The predicted octanol–water partition coefficient (Wildman–Crippen LogP) is -0.573. The van der Waals surface area contributed by atoms with Crippen LogP contribution in [0.1, 0.15) is 12.5 Å². The molecule has 0 N–H and O–H groups in total. The van der Waals surface area contributed by atoms with Gasteiger partial charge in [-0.1, -0.05) is 36.9 Å². The summed E-state index contributed by atoms with van der Waals surface area (Å²) in [6, 6.07) is 10.9. The number of benzene rings is 1. The van der Waals surface area contributed by atoms with Gasteiger partial charge in [-0.15, -0.1) is 0 Å². The molecule has 0 saturated carbocycles. The zero-order valence-corrected chi connectivity index (χ0v) is 13.3. The van der Waals surface area contributed by atoms with E-state index in [1.807, 2.05) is 6.07 Å². The molecule has 0 fully saturated rings. The number of ether oxygens (including phenoxy) is 1. The lowest BCUT2D eigenvalue weighted by atomic mass is 10.1. The van der Waals surface area contributed by atoms with Crippen LogP contribution in [0.4, 0.5) is 0 Å². The quantitative estimate of drug-likeness (QED) is 0.383. The monoisotopic (exact) mass is 297 g/mol. The molecular formula is C16H24ClNO2. The van der Waals surface area contributed by atoms with Crippen molar-refractivity contribution in [3.63, 3.8) is 0 Å². The molecule has 0 saturated heterocycles. The number of quaternary nitrogens is 1. The van der Waals surface area contributed by atoms with Crippen molar-refractivity contribution in [1.82, 2.24) is 0 Å². The maximum atomic E-state index is 11.0. The first-order chi connectivity index (χ1) is 8.95. The lowest BCUT2D eigenvalue weighted by Gasteiger charge is -2.36. The standard InChI is InChI=1S/C16H24NO2.ClH/c1-5-16(18)19-12-11-17(3,4)14(2)13-15-9-7-6-8-10-15;/h5-10,14H,1,11-13H2,2-4H3;1H/q+1;/p-1. The molecular weight excluding hydrogens is 274 g/mol. The zero-order valence-electron chi connectivity index (χ0n) is 12.5. The lowest BCUT2D eigenvalue weighted by molar-refractivity contribution is -0.913. The van der Waals surface area contributed by atoms with E-state index in [-0.39, 0.29) is 18.4 Å². The van der Waals surface area contributed by atoms with Crippen LogP contribution in [-0.2, 0) is 16.0 Å². The Hall–Kier alpha value is -1.32. The van der Waals surface area contributed by atoms with Crippen LogP contribution < -0.4 is 12.4 Å². The summed E-state index contributed by atoms with van der Waals surface area (Å²) >= 11 is 0. The molecule has 3 nitrogen and oxygen atoms in total. The SMILES string of the molecule is C=CC(=O)OCC[N+](C)(C)C(C)Cc1ccccc1.[Cl-]. The van der Waals surface area contributed by atoms with Crippen LogP contribution >= 0.6 is 0 Å². The smallest absolute Gasteiger partial charge is 0.330 e. The summed E-state index contributed by atoms with van der Waals surface area (Å²) in [6.45, 7) is 6.84. The topological polar surface area (TPSA) is 26.3 Å². The van der Waals surface area contributed by atoms with Crippen molar-refractivity contribution in [1.29, 1.82) is 0 Å². The minimum absolute atomic E-state index is 0. The highest BCUT2D eigenvalue weighted by Crippen LogP contribution is 2.12. The number of carbonyl (C=O) groups excluding carboxylic acids is 1. The van der Waals surface area contributed by atoms with E-state index < -0.39 is 0 Å². The van der Waals surface area contributed by atoms with Crippen LogP contribution in [0, 0.1) is 0 Å². The van der Waals surface area contributed by atoms with Gasteiger partial charge in [0.15, 0.2) is 0 Å². The highest BCUT2D eigenvalue weighted by Gasteiger charge is 2.24. The van der Waals surface area contributed by atoms with Crippen LogP contribution in [0.25, 0.3) is 0 Å². The third-order valence-corrected chi connectivity index (χ3v) is 3.65. The second-order valence-electron chi connectivity index (χ2n) is 5.41. The Morgan fingerprint density at radius 3 is 2.50 bits per heavy atom. The average Bonchev–Trinajstić information content (AvgIpc) is 2.39. The summed E-state index contributed by atoms with van der Waals surface area (Å²) in [6.07, 6.45) is 2.22. The molecule has 1 rings (SSSR count). The molecule has 1 atom stereocenters. The van der Waals surface area contributed by atoms with Gasteiger partial charge in [0.1, 0.15) is 13.2 Å². The molecule has 0 bridgehead atoms. The minimum Gasteiger partial charge on any atom is -1.00 e. The van der Waals surface area contributed by atoms with Gasteiger partial charge in [0.25, 0.3) is 0 Å². The molecule has 0 amide bonds. The Balaban J connectivity index is 0.00000361. The van der Waals surface area contributed by atoms with E-state index in [9.17, 15) is 4.79 Å². The van der Waals surface area contributed by atoms with E-state index in [0.717, 1.165) is 17.4 Å². The first-order valence-corrected chi connectivity index (χ1v) is 6.61. The Labute approximate surface area is 128 Å². The van der Waals surface area contributed by atoms with E-state index in [1.54, 1.807) is 0 Å². The molecule has 112 valence electrons. The third kappa shape index (κ3) is 6.22. The molecule has 20 heavy (non-hydrogen) atoms. The molecule has 0 aliphatic carbocycles.